The van der Waals surface area contributed by atoms with Crippen LogP contribution in [0.5, 0.6) is 0 Å². The summed E-state index contributed by atoms with van der Waals surface area (Å²) in [6.45, 7) is 0. The van der Waals surface area contributed by atoms with E-state index >= 15 is 0 Å². The number of rotatable bonds is 0. The van der Waals surface area contributed by atoms with Crippen LogP contribution in [0.15, 0.2) is 0 Å². The van der Waals surface area contributed by atoms with Crippen molar-refractivity contribution in [3.63, 3.8) is 0 Å². The molecule has 4 heteroatoms. The molecule has 0 unspecified atom stereocenters. The van der Waals surface area contributed by atoms with Crippen LogP contribution >= 0.6 is 23.7 Å². The van der Waals surface area contributed by atoms with Gasteiger partial charge in [-0.05, 0) is 0 Å². The minimum Gasteiger partial charge on any atom is -0.166 e. The predicted molar refractivity (Wildman–Crippen MR) is 18.5 cm³/mol. The summed E-state index contributed by atoms with van der Waals surface area (Å²) in [4.78, 5) is 0. The van der Waals surface area contributed by atoms with Gasteiger partial charge in [-0.2, -0.15) is 3.84 Å². The van der Waals surface area contributed by atoms with Crippen molar-refractivity contribution >= 4 is 40.8 Å². The Morgan fingerprint density at radius 3 is 1.25 bits per heavy atom. The van der Waals surface area contributed by atoms with Crippen molar-refractivity contribution in [3.05, 3.63) is 0 Å². The van der Waals surface area contributed by atoms with Gasteiger partial charge >= 0.3 is 0 Å². The van der Waals surface area contributed by atoms with E-state index in [1.807, 2.05) is 0 Å². The van der Waals surface area contributed by atoms with E-state index in [1.54, 1.807) is 0 Å². The Labute approximate surface area is 45.0 Å². The zero-order valence-corrected chi connectivity index (χ0v) is 4.80. The van der Waals surface area contributed by atoms with Gasteiger partial charge in [0.15, 0.2) is 0 Å². The van der Waals surface area contributed by atoms with E-state index in [9.17, 15) is 0 Å². The summed E-state index contributed by atoms with van der Waals surface area (Å²) in [6, 6.07) is 0. The van der Waals surface area contributed by atoms with E-state index < -0.39 is 0 Å². The van der Waals surface area contributed by atoms with E-state index in [0.29, 0.717) is 0 Å². The second kappa shape index (κ2) is 8.96. The molecular formula is Cl2OSe. The second-order valence-electron chi connectivity index (χ2n) is 0.0583. The van der Waals surface area contributed by atoms with E-state index in [4.69, 9.17) is 0 Å². The van der Waals surface area contributed by atoms with Crippen LogP contribution in [0, 0.1) is 0 Å². The Morgan fingerprint density at radius 1 is 1.25 bits per heavy atom. The Hall–Kier alpha value is 1.06. The van der Waals surface area contributed by atoms with Crippen LogP contribution in [0.25, 0.3) is 0 Å². The van der Waals surface area contributed by atoms with Crippen LogP contribution in [0.1, 0.15) is 0 Å². The zero-order chi connectivity index (χ0) is 2.71. The molecule has 0 aromatic carbocycles. The Balaban J connectivity index is 0. The molecule has 4 heavy (non-hydrogen) atoms. The van der Waals surface area contributed by atoms with Crippen molar-refractivity contribution in [1.82, 2.24) is 0 Å². The molecule has 0 aliphatic carbocycles. The molecule has 0 amide bonds. The first kappa shape index (κ1) is 8.91. The van der Waals surface area contributed by atoms with Gasteiger partial charge < -0.3 is 0 Å². The Kier molecular flexibility index (Phi) is 19.9. The third kappa shape index (κ3) is 11.6. The van der Waals surface area contributed by atoms with Gasteiger partial charge in [-0.25, -0.2) is 0 Å². The van der Waals surface area contributed by atoms with E-state index in [0.717, 1.165) is 0 Å². The summed E-state index contributed by atoms with van der Waals surface area (Å²) in [5.74, 6) is 0. The van der Waals surface area contributed by atoms with Crippen molar-refractivity contribution in [2.24, 2.45) is 0 Å². The first-order valence-corrected chi connectivity index (χ1v) is 0.926. The smallest absolute Gasteiger partial charge is 0.0832 e. The molecule has 1 nitrogen and oxygen atoms in total. The van der Waals surface area contributed by atoms with Crippen molar-refractivity contribution in [2.45, 2.75) is 0 Å². The summed E-state index contributed by atoms with van der Waals surface area (Å²) in [5, 5.41) is 0. The van der Waals surface area contributed by atoms with Crippen LogP contribution in [0.3, 0.4) is 0 Å². The maximum atomic E-state index is 4.26. The van der Waals surface area contributed by atoms with Gasteiger partial charge in [-0.1, -0.05) is 0 Å². The predicted octanol–water partition coefficient (Wildman–Crippen LogP) is 0.930. The molecule has 0 aromatic heterocycles. The summed E-state index contributed by atoms with van der Waals surface area (Å²) >= 11 is 8.53. The van der Waals surface area contributed by atoms with Crippen molar-refractivity contribution in [3.8, 4) is 0 Å². The Bertz CT molecular complexity index is 6.00. The number of hydrogen-bond donors (Lipinski definition) is 0. The fourth-order valence-electron chi connectivity index (χ4n) is 0. The van der Waals surface area contributed by atoms with E-state index in [2.05, 4.69) is 27.6 Å². The maximum absolute atomic E-state index is 4.26. The summed E-state index contributed by atoms with van der Waals surface area (Å²) in [5.41, 5.74) is 0. The van der Waals surface area contributed by atoms with Gasteiger partial charge in [0.1, 0.15) is 0 Å². The molecule has 0 bridgehead atoms. The maximum Gasteiger partial charge on any atom is 0.0832 e. The fourth-order valence-corrected chi connectivity index (χ4v) is 0. The standard InChI is InChI=1S/Cl2O.Se/c1-3-2;. The molecule has 0 N–H and O–H groups in total. The molecule has 0 saturated carbocycles. The molecule has 0 aromatic rings. The molecule has 26 valence electrons. The Morgan fingerprint density at radius 2 is 1.25 bits per heavy atom. The van der Waals surface area contributed by atoms with Crippen molar-refractivity contribution in [2.75, 3.05) is 0 Å². The van der Waals surface area contributed by atoms with Crippen molar-refractivity contribution in [1.29, 1.82) is 0 Å². The molecule has 2 radical (unpaired) electrons. The largest absolute Gasteiger partial charge is 0.166 e. The molecule has 0 aliphatic rings. The molecule has 0 spiro atoms. The van der Waals surface area contributed by atoms with Gasteiger partial charge in [-0.3, -0.25) is 0 Å². The summed E-state index contributed by atoms with van der Waals surface area (Å²) < 4.78 is 3.19. The van der Waals surface area contributed by atoms with Crippen LogP contribution in [0.2, 0.25) is 0 Å². The van der Waals surface area contributed by atoms with Crippen LogP contribution in [-0.2, 0) is 3.84 Å². The third-order valence-corrected chi connectivity index (χ3v) is 0. The summed E-state index contributed by atoms with van der Waals surface area (Å²) in [7, 11) is 0. The number of hydrogen-bond acceptors (Lipinski definition) is 1. The van der Waals surface area contributed by atoms with Crippen LogP contribution < -0.4 is 0 Å². The number of halogens is 2. The van der Waals surface area contributed by atoms with Crippen LogP contribution in [-0.4, -0.2) is 17.1 Å². The minimum absolute atomic E-state index is 0. The second-order valence-corrected chi connectivity index (χ2v) is 0.525. The van der Waals surface area contributed by atoms with E-state index in [1.165, 1.54) is 0 Å². The SMILES string of the molecule is ClOCl.[Se]. The average molecular weight is 166 g/mol. The van der Waals surface area contributed by atoms with Crippen LogP contribution in [0.4, 0.5) is 0 Å². The molecule has 0 rings (SSSR count). The van der Waals surface area contributed by atoms with Gasteiger partial charge in [0.2, 0.25) is 0 Å². The average Bonchev–Trinajstić information content (AvgIpc) is 0.918. The normalized spacial score (nSPS) is 4.50. The molecule has 0 heterocycles. The van der Waals surface area contributed by atoms with Crippen molar-refractivity contribution < 1.29 is 3.84 Å². The van der Waals surface area contributed by atoms with Gasteiger partial charge in [0.25, 0.3) is 0 Å². The van der Waals surface area contributed by atoms with Gasteiger partial charge in [-0.15, -0.1) is 0 Å². The zero-order valence-electron chi connectivity index (χ0n) is 1.57. The first-order valence-electron chi connectivity index (χ1n) is 0.309. The first-order chi connectivity index (χ1) is 1.41. The summed E-state index contributed by atoms with van der Waals surface area (Å²) in [6.07, 6.45) is 0. The van der Waals surface area contributed by atoms with E-state index in [-0.39, 0.29) is 17.1 Å². The van der Waals surface area contributed by atoms with Gasteiger partial charge in [0, 0.05) is 17.1 Å². The minimum atomic E-state index is 0. The van der Waals surface area contributed by atoms with Gasteiger partial charge in [0.05, 0.1) is 23.7 Å². The molecule has 0 aliphatic heterocycles. The molecule has 0 atom stereocenters. The molecule has 0 fully saturated rings. The molecule has 0 saturated heterocycles. The quantitative estimate of drug-likeness (QED) is 0.486. The molecular weight excluding hydrogens is 166 g/mol. The monoisotopic (exact) mass is 166 g/mol. The topological polar surface area (TPSA) is 9.23 Å². The third-order valence-electron chi connectivity index (χ3n) is 0. The fraction of sp³-hybridized carbons (Fsp3) is 0.